The molecule has 9 aliphatic rings. The smallest absolute Gasteiger partial charge is 0.0754 e. The average molecular weight is 326 g/mol. The van der Waals surface area contributed by atoms with E-state index in [-0.39, 0.29) is 11.7 Å². The lowest BCUT2D eigenvalue weighted by Crippen LogP contribution is -2.82. The molecule has 8 bridgehead atoms. The molecule has 10 atom stereocenters. The van der Waals surface area contributed by atoms with E-state index in [2.05, 4.69) is 7.11 Å². The Hall–Kier alpha value is -0.0800. The third kappa shape index (κ3) is 0.726. The summed E-state index contributed by atoms with van der Waals surface area (Å²) in [7, 11) is 2.06. The van der Waals surface area contributed by atoms with Crippen molar-refractivity contribution in [1.29, 1.82) is 0 Å². The molecular weight excluding hydrogens is 296 g/mol. The summed E-state index contributed by atoms with van der Waals surface area (Å²) in [5, 5.41) is 12.0. The molecular formula is C22H30O2. The number of hydrogen-bond acceptors (Lipinski definition) is 2. The van der Waals surface area contributed by atoms with Crippen LogP contribution >= 0.6 is 0 Å². The molecule has 130 valence electrons. The molecule has 9 saturated carbocycles. The van der Waals surface area contributed by atoms with Gasteiger partial charge in [-0.25, -0.2) is 0 Å². The monoisotopic (exact) mass is 326 g/mol. The lowest BCUT2D eigenvalue weighted by molar-refractivity contribution is -0.385. The van der Waals surface area contributed by atoms with Crippen molar-refractivity contribution in [3.05, 3.63) is 0 Å². The number of aliphatic hydroxyl groups excluding tert-OH is 1. The highest BCUT2D eigenvalue weighted by Gasteiger charge is 3.02. The normalized spacial score (nSPS) is 77.8. The van der Waals surface area contributed by atoms with Crippen molar-refractivity contribution >= 4 is 0 Å². The van der Waals surface area contributed by atoms with Crippen molar-refractivity contribution in [1.82, 2.24) is 0 Å². The van der Waals surface area contributed by atoms with Gasteiger partial charge in [0.1, 0.15) is 0 Å². The van der Waals surface area contributed by atoms with E-state index in [0.717, 1.165) is 17.8 Å². The van der Waals surface area contributed by atoms with Crippen LogP contribution in [0, 0.1) is 44.8 Å². The summed E-state index contributed by atoms with van der Waals surface area (Å²) in [5.74, 6) is 2.44. The van der Waals surface area contributed by atoms with Crippen LogP contribution in [0.1, 0.15) is 70.6 Å². The van der Waals surface area contributed by atoms with E-state index in [1.807, 2.05) is 0 Å². The predicted octanol–water partition coefficient (Wildman–Crippen LogP) is 3.91. The van der Waals surface area contributed by atoms with E-state index >= 15 is 0 Å². The van der Waals surface area contributed by atoms with E-state index in [1.54, 1.807) is 0 Å². The second-order valence-corrected chi connectivity index (χ2v) is 11.6. The molecule has 0 saturated heterocycles. The van der Waals surface area contributed by atoms with Crippen molar-refractivity contribution in [2.45, 2.75) is 82.3 Å². The van der Waals surface area contributed by atoms with Crippen LogP contribution in [0.4, 0.5) is 0 Å². The molecule has 0 aromatic rings. The minimum atomic E-state index is 0.0380. The van der Waals surface area contributed by atoms with E-state index < -0.39 is 0 Å². The van der Waals surface area contributed by atoms with Crippen LogP contribution < -0.4 is 0 Å². The fourth-order valence-electron chi connectivity index (χ4n) is 13.4. The first-order valence-electron chi connectivity index (χ1n) is 10.8. The van der Waals surface area contributed by atoms with Crippen LogP contribution in [0.2, 0.25) is 0 Å². The zero-order valence-corrected chi connectivity index (χ0v) is 14.9. The van der Waals surface area contributed by atoms with Crippen molar-refractivity contribution in [3.8, 4) is 0 Å². The van der Waals surface area contributed by atoms with Crippen molar-refractivity contribution in [2.75, 3.05) is 7.11 Å². The summed E-state index contributed by atoms with van der Waals surface area (Å²) in [5.41, 5.74) is 2.33. The van der Waals surface area contributed by atoms with Crippen LogP contribution in [0.15, 0.2) is 0 Å². The van der Waals surface area contributed by atoms with Gasteiger partial charge in [0, 0.05) is 23.9 Å². The summed E-state index contributed by atoms with van der Waals surface area (Å²) in [6.45, 7) is 0. The maximum Gasteiger partial charge on any atom is 0.0754 e. The van der Waals surface area contributed by atoms with Gasteiger partial charge in [0.15, 0.2) is 0 Å². The number of hydrogen-bond donors (Lipinski definition) is 1. The molecule has 2 heteroatoms. The highest BCUT2D eigenvalue weighted by molar-refractivity contribution is 5.50. The van der Waals surface area contributed by atoms with Gasteiger partial charge >= 0.3 is 0 Å². The maximum atomic E-state index is 12.0. The molecule has 24 heavy (non-hydrogen) atoms. The van der Waals surface area contributed by atoms with Crippen molar-refractivity contribution in [3.63, 3.8) is 0 Å². The summed E-state index contributed by atoms with van der Waals surface area (Å²) >= 11 is 0. The molecule has 9 aliphatic carbocycles. The molecule has 9 rings (SSSR count). The van der Waals surface area contributed by atoms with Crippen LogP contribution in [0.5, 0.6) is 0 Å². The molecule has 9 fully saturated rings. The van der Waals surface area contributed by atoms with E-state index in [4.69, 9.17) is 4.74 Å². The van der Waals surface area contributed by atoms with Gasteiger partial charge in [-0.3, -0.25) is 0 Å². The molecule has 0 radical (unpaired) electrons. The lowest BCUT2D eigenvalue weighted by atomic mass is 9.23. The third-order valence-corrected chi connectivity index (χ3v) is 12.5. The fourth-order valence-corrected chi connectivity index (χ4v) is 13.4. The van der Waals surface area contributed by atoms with Crippen molar-refractivity contribution in [2.24, 2.45) is 44.8 Å². The first-order valence-corrected chi connectivity index (χ1v) is 10.8. The van der Waals surface area contributed by atoms with E-state index in [0.29, 0.717) is 27.1 Å². The second kappa shape index (κ2) is 3.07. The first kappa shape index (κ1) is 13.1. The predicted molar refractivity (Wildman–Crippen MR) is 89.2 cm³/mol. The molecule has 5 spiro atoms. The highest BCUT2D eigenvalue weighted by Crippen LogP contribution is 3.04. The Balaban J connectivity index is 1.56. The molecule has 10 unspecified atom stereocenters. The van der Waals surface area contributed by atoms with Gasteiger partial charge in [0.2, 0.25) is 0 Å². The number of methoxy groups -OCH3 is 1. The van der Waals surface area contributed by atoms with E-state index in [1.165, 1.54) is 70.6 Å². The molecule has 0 aliphatic heterocycles. The maximum absolute atomic E-state index is 12.0. The lowest BCUT2D eigenvalue weighted by Gasteiger charge is -2.81. The second-order valence-electron chi connectivity index (χ2n) is 11.6. The molecule has 1 N–H and O–H groups in total. The Bertz CT molecular complexity index is 719. The number of aliphatic hydroxyl groups is 1. The Morgan fingerprint density at radius 3 is 2.42 bits per heavy atom. The van der Waals surface area contributed by atoms with Gasteiger partial charge in [-0.15, -0.1) is 0 Å². The van der Waals surface area contributed by atoms with Gasteiger partial charge < -0.3 is 9.84 Å². The average Bonchev–Trinajstić information content (AvgIpc) is 3.09. The fraction of sp³-hybridized carbons (Fsp3) is 1.00. The molecule has 0 heterocycles. The first-order chi connectivity index (χ1) is 11.6. The Labute approximate surface area is 144 Å². The quantitative estimate of drug-likeness (QED) is 0.791. The van der Waals surface area contributed by atoms with Crippen LogP contribution in [-0.2, 0) is 4.74 Å². The minimum Gasteiger partial charge on any atom is -0.392 e. The number of ether oxygens (including phenoxy) is 1. The number of rotatable bonds is 1. The molecule has 0 aromatic heterocycles. The van der Waals surface area contributed by atoms with Gasteiger partial charge in [-0.1, -0.05) is 12.8 Å². The summed E-state index contributed by atoms with van der Waals surface area (Å²) in [6.07, 6.45) is 15.4. The summed E-state index contributed by atoms with van der Waals surface area (Å²) < 4.78 is 6.63. The molecule has 0 amide bonds. The molecule has 2 nitrogen and oxygen atoms in total. The van der Waals surface area contributed by atoms with Crippen molar-refractivity contribution < 1.29 is 9.84 Å². The van der Waals surface area contributed by atoms with Crippen LogP contribution in [0.3, 0.4) is 0 Å². The summed E-state index contributed by atoms with van der Waals surface area (Å²) in [4.78, 5) is 0. The van der Waals surface area contributed by atoms with Crippen LogP contribution in [-0.4, -0.2) is 23.9 Å². The minimum absolute atomic E-state index is 0.0380. The van der Waals surface area contributed by atoms with Gasteiger partial charge in [-0.05, 0) is 85.9 Å². The largest absolute Gasteiger partial charge is 0.392 e. The Morgan fingerprint density at radius 2 is 1.54 bits per heavy atom. The van der Waals surface area contributed by atoms with Crippen LogP contribution in [0.25, 0.3) is 0 Å². The SMILES string of the molecule is COC12CCCC34CC56CCCC5(CC57CCCC5(C3C17)C6O)C42. The van der Waals surface area contributed by atoms with Gasteiger partial charge in [-0.2, -0.15) is 0 Å². The Kier molecular flexibility index (Phi) is 1.68. The summed E-state index contributed by atoms with van der Waals surface area (Å²) in [6, 6.07) is 0. The molecule has 0 aromatic carbocycles. The highest BCUT2D eigenvalue weighted by atomic mass is 16.5. The zero-order chi connectivity index (χ0) is 15.8. The topological polar surface area (TPSA) is 29.5 Å². The van der Waals surface area contributed by atoms with E-state index in [9.17, 15) is 5.11 Å². The Morgan fingerprint density at radius 1 is 0.792 bits per heavy atom. The zero-order valence-electron chi connectivity index (χ0n) is 14.9. The van der Waals surface area contributed by atoms with Gasteiger partial charge in [0.25, 0.3) is 0 Å². The van der Waals surface area contributed by atoms with Gasteiger partial charge in [0.05, 0.1) is 11.7 Å². The standard InChI is InChI=1S/C22H30O2/c1-24-22-10-2-5-17-11-20-8-3-7-19(20,15(17)22)12-18-6-4-9-21(18,16(20)23)13(17)14(18)22/h13-16,23H,2-12H2,1H3. The third-order valence-electron chi connectivity index (χ3n) is 12.5.